The minimum absolute atomic E-state index is 0.112. The largest absolute Gasteiger partial charge is 0.467 e. The number of hydrogen-bond acceptors (Lipinski definition) is 5. The number of aryl methyl sites for hydroxylation is 1. The molecule has 1 amide bonds. The van der Waals surface area contributed by atoms with Crippen LogP contribution in [-0.2, 0) is 6.54 Å². The highest BCUT2D eigenvalue weighted by Gasteiger charge is 2.16. The average Bonchev–Trinajstić information content (AvgIpc) is 3.17. The van der Waals surface area contributed by atoms with E-state index in [-0.39, 0.29) is 5.91 Å². The van der Waals surface area contributed by atoms with Gasteiger partial charge in [0.05, 0.1) is 23.4 Å². The molecule has 0 aliphatic rings. The van der Waals surface area contributed by atoms with Gasteiger partial charge in [-0.2, -0.15) is 0 Å². The number of rotatable bonds is 4. The summed E-state index contributed by atoms with van der Waals surface area (Å²) in [5.74, 6) is 0.623. The van der Waals surface area contributed by atoms with Gasteiger partial charge in [-0.15, -0.1) is 22.7 Å². The number of carbonyl (C=O) groups is 1. The van der Waals surface area contributed by atoms with E-state index in [1.54, 1.807) is 23.7 Å². The summed E-state index contributed by atoms with van der Waals surface area (Å²) in [6.45, 7) is 2.24. The number of amides is 1. The van der Waals surface area contributed by atoms with Crippen LogP contribution in [0.1, 0.15) is 21.1 Å². The first kappa shape index (κ1) is 13.1. The molecule has 20 heavy (non-hydrogen) atoms. The van der Waals surface area contributed by atoms with Crippen LogP contribution in [0, 0.1) is 6.92 Å². The van der Waals surface area contributed by atoms with Gasteiger partial charge in [0.2, 0.25) is 0 Å². The van der Waals surface area contributed by atoms with Crippen molar-refractivity contribution in [3.05, 3.63) is 52.2 Å². The lowest BCUT2D eigenvalue weighted by Gasteiger charge is -2.00. The molecule has 3 aromatic rings. The van der Waals surface area contributed by atoms with Crippen LogP contribution in [0.25, 0.3) is 9.88 Å². The maximum atomic E-state index is 12.2. The van der Waals surface area contributed by atoms with Gasteiger partial charge < -0.3 is 9.73 Å². The second kappa shape index (κ2) is 5.60. The summed E-state index contributed by atoms with van der Waals surface area (Å²) in [7, 11) is 0. The molecule has 102 valence electrons. The fourth-order valence-corrected chi connectivity index (χ4v) is 3.55. The topological polar surface area (TPSA) is 55.1 Å². The van der Waals surface area contributed by atoms with E-state index in [2.05, 4.69) is 10.3 Å². The summed E-state index contributed by atoms with van der Waals surface area (Å²) in [5.41, 5.74) is 0.760. The summed E-state index contributed by atoms with van der Waals surface area (Å²) in [6, 6.07) is 7.62. The van der Waals surface area contributed by atoms with Crippen molar-refractivity contribution in [3.63, 3.8) is 0 Å². The average molecular weight is 304 g/mol. The number of carbonyl (C=O) groups excluding carboxylic acids is 1. The van der Waals surface area contributed by atoms with Crippen molar-refractivity contribution in [1.82, 2.24) is 10.3 Å². The van der Waals surface area contributed by atoms with E-state index in [1.165, 1.54) is 11.3 Å². The summed E-state index contributed by atoms with van der Waals surface area (Å²) >= 11 is 3.04. The molecule has 1 N–H and O–H groups in total. The molecule has 0 atom stereocenters. The number of aromatic nitrogens is 1. The van der Waals surface area contributed by atoms with Crippen LogP contribution in [0.3, 0.4) is 0 Å². The lowest BCUT2D eigenvalue weighted by Crippen LogP contribution is -2.22. The van der Waals surface area contributed by atoms with E-state index in [1.807, 2.05) is 30.5 Å². The molecule has 0 unspecified atom stereocenters. The third-order valence-electron chi connectivity index (χ3n) is 2.74. The van der Waals surface area contributed by atoms with Crippen molar-refractivity contribution in [1.29, 1.82) is 0 Å². The zero-order chi connectivity index (χ0) is 13.9. The summed E-state index contributed by atoms with van der Waals surface area (Å²) in [4.78, 5) is 18.4. The molecule has 3 aromatic heterocycles. The molecular weight excluding hydrogens is 292 g/mol. The van der Waals surface area contributed by atoms with E-state index in [0.29, 0.717) is 11.4 Å². The quantitative estimate of drug-likeness (QED) is 0.799. The Morgan fingerprint density at radius 3 is 3.00 bits per heavy atom. The number of nitrogens with one attached hydrogen (secondary N) is 1. The lowest BCUT2D eigenvalue weighted by atomic mass is 10.3. The maximum Gasteiger partial charge on any atom is 0.263 e. The molecule has 0 saturated carbocycles. The van der Waals surface area contributed by atoms with Gasteiger partial charge in [-0.25, -0.2) is 4.98 Å². The molecular formula is C14H12N2O2S2. The fraction of sp³-hybridized carbons (Fsp3) is 0.143. The minimum Gasteiger partial charge on any atom is -0.467 e. The monoisotopic (exact) mass is 304 g/mol. The molecule has 0 aromatic carbocycles. The second-order valence-electron chi connectivity index (χ2n) is 4.17. The zero-order valence-electron chi connectivity index (χ0n) is 10.8. The van der Waals surface area contributed by atoms with Crippen LogP contribution in [-0.4, -0.2) is 10.9 Å². The van der Waals surface area contributed by atoms with Gasteiger partial charge >= 0.3 is 0 Å². The summed E-state index contributed by atoms with van der Waals surface area (Å²) in [5, 5.41) is 5.73. The number of hydrogen-bond donors (Lipinski definition) is 1. The molecule has 0 radical (unpaired) electrons. The number of thiophene rings is 1. The Morgan fingerprint density at radius 1 is 1.40 bits per heavy atom. The molecule has 0 aliphatic carbocycles. The van der Waals surface area contributed by atoms with Crippen LogP contribution in [0.4, 0.5) is 0 Å². The van der Waals surface area contributed by atoms with Crippen molar-refractivity contribution in [2.45, 2.75) is 13.5 Å². The third kappa shape index (κ3) is 2.66. The number of thiazole rings is 1. The molecule has 0 aliphatic heterocycles. The first-order valence-electron chi connectivity index (χ1n) is 6.06. The van der Waals surface area contributed by atoms with Crippen LogP contribution >= 0.6 is 22.7 Å². The van der Waals surface area contributed by atoms with E-state index < -0.39 is 0 Å². The predicted molar refractivity (Wildman–Crippen MR) is 80.0 cm³/mol. The lowest BCUT2D eigenvalue weighted by molar-refractivity contribution is 0.0951. The van der Waals surface area contributed by atoms with Crippen molar-refractivity contribution in [3.8, 4) is 9.88 Å². The van der Waals surface area contributed by atoms with Crippen molar-refractivity contribution in [2.75, 3.05) is 0 Å². The molecule has 6 heteroatoms. The molecule has 3 rings (SSSR count). The Balaban J connectivity index is 1.75. The normalized spacial score (nSPS) is 10.7. The Hall–Kier alpha value is -1.92. The molecule has 0 saturated heterocycles. The smallest absolute Gasteiger partial charge is 0.263 e. The molecule has 0 fully saturated rings. The maximum absolute atomic E-state index is 12.2. The zero-order valence-corrected chi connectivity index (χ0v) is 12.4. The summed E-state index contributed by atoms with van der Waals surface area (Å²) in [6.07, 6.45) is 1.59. The number of nitrogens with zero attached hydrogens (tertiary/aromatic N) is 1. The van der Waals surface area contributed by atoms with Gasteiger partial charge in [0.25, 0.3) is 5.91 Å². The van der Waals surface area contributed by atoms with E-state index >= 15 is 0 Å². The van der Waals surface area contributed by atoms with Gasteiger partial charge in [0.15, 0.2) is 0 Å². The molecule has 4 nitrogen and oxygen atoms in total. The van der Waals surface area contributed by atoms with Crippen molar-refractivity contribution >= 4 is 28.6 Å². The first-order chi connectivity index (χ1) is 9.74. The van der Waals surface area contributed by atoms with Crippen LogP contribution < -0.4 is 5.32 Å². The van der Waals surface area contributed by atoms with Crippen molar-refractivity contribution < 1.29 is 9.21 Å². The van der Waals surface area contributed by atoms with Crippen molar-refractivity contribution in [2.24, 2.45) is 0 Å². The van der Waals surface area contributed by atoms with E-state index in [0.717, 1.165) is 21.3 Å². The van der Waals surface area contributed by atoms with Gasteiger partial charge in [-0.3, -0.25) is 4.79 Å². The van der Waals surface area contributed by atoms with Crippen LogP contribution in [0.15, 0.2) is 40.3 Å². The molecule has 3 heterocycles. The number of furan rings is 1. The second-order valence-corrected chi connectivity index (χ2v) is 6.12. The van der Waals surface area contributed by atoms with Gasteiger partial charge in [0.1, 0.15) is 15.6 Å². The van der Waals surface area contributed by atoms with Gasteiger partial charge in [0, 0.05) is 0 Å². The van der Waals surface area contributed by atoms with Crippen LogP contribution in [0.2, 0.25) is 0 Å². The molecule has 0 bridgehead atoms. The SMILES string of the molecule is Cc1nc(-c2cccs2)sc1C(=O)NCc1ccco1. The minimum atomic E-state index is -0.112. The Labute approximate surface area is 124 Å². The van der Waals surface area contributed by atoms with E-state index in [4.69, 9.17) is 4.42 Å². The Kier molecular flexibility index (Phi) is 3.66. The first-order valence-corrected chi connectivity index (χ1v) is 7.75. The molecule has 0 spiro atoms. The van der Waals surface area contributed by atoms with Gasteiger partial charge in [-0.05, 0) is 30.5 Å². The Bertz CT molecular complexity index is 700. The standard InChI is InChI=1S/C14H12N2O2S2/c1-9-12(13(17)15-8-10-4-2-6-18-10)20-14(16-9)11-5-3-7-19-11/h2-7H,8H2,1H3,(H,15,17). The highest BCUT2D eigenvalue weighted by Crippen LogP contribution is 2.30. The Morgan fingerprint density at radius 2 is 2.30 bits per heavy atom. The third-order valence-corrected chi connectivity index (χ3v) is 4.93. The van der Waals surface area contributed by atoms with E-state index in [9.17, 15) is 4.79 Å². The highest BCUT2D eigenvalue weighted by molar-refractivity contribution is 7.22. The predicted octanol–water partition coefficient (Wildman–Crippen LogP) is 3.70. The van der Waals surface area contributed by atoms with Crippen LogP contribution in [0.5, 0.6) is 0 Å². The summed E-state index contributed by atoms with van der Waals surface area (Å²) < 4.78 is 5.19. The highest BCUT2D eigenvalue weighted by atomic mass is 32.1. The fourth-order valence-electron chi connectivity index (χ4n) is 1.77. The van der Waals surface area contributed by atoms with Gasteiger partial charge in [-0.1, -0.05) is 6.07 Å².